The van der Waals surface area contributed by atoms with Crippen molar-refractivity contribution in [2.75, 3.05) is 0 Å². The van der Waals surface area contributed by atoms with Gasteiger partial charge in [-0.15, -0.1) is 10.2 Å². The van der Waals surface area contributed by atoms with Crippen LogP contribution >= 0.6 is 22.9 Å². The monoisotopic (exact) mass is 337 g/mol. The lowest BCUT2D eigenvalue weighted by Gasteiger charge is -2.12. The Morgan fingerprint density at radius 2 is 2.05 bits per heavy atom. The maximum absolute atomic E-state index is 12.0. The summed E-state index contributed by atoms with van der Waals surface area (Å²) in [5, 5.41) is 13.6. The van der Waals surface area contributed by atoms with E-state index in [1.54, 1.807) is 0 Å². The Bertz CT molecular complexity index is 676. The summed E-state index contributed by atoms with van der Waals surface area (Å²) in [7, 11) is 0. The van der Waals surface area contributed by atoms with E-state index in [1.807, 2.05) is 25.1 Å². The van der Waals surface area contributed by atoms with Crippen LogP contribution in [0, 0.1) is 6.92 Å². The number of carbonyl (C=O) groups excluding carboxylic acids is 1. The Kier molecular flexibility index (Phi) is 5.19. The van der Waals surface area contributed by atoms with Crippen LogP contribution in [0.25, 0.3) is 0 Å². The Labute approximate surface area is 139 Å². The number of hydrogen-bond donors (Lipinski definition) is 1. The molecule has 0 atom stereocenters. The van der Waals surface area contributed by atoms with E-state index >= 15 is 0 Å². The second kappa shape index (κ2) is 6.75. The summed E-state index contributed by atoms with van der Waals surface area (Å²) < 4.78 is 0. The summed E-state index contributed by atoms with van der Waals surface area (Å²) in [4.78, 5) is 12.0. The molecular formula is C16H20ClN3OS. The molecule has 0 radical (unpaired) electrons. The standard InChI is InChI=1S/C16H20ClN3OS/c1-10-5-6-11(7-12(10)17)8-13(21)18-9-14-19-20-15(22-14)16(2,3)4/h5-7H,8-9H2,1-4H3,(H,18,21). The first-order valence-electron chi connectivity index (χ1n) is 7.10. The molecule has 0 aliphatic rings. The zero-order valence-corrected chi connectivity index (χ0v) is 14.8. The van der Waals surface area contributed by atoms with Gasteiger partial charge in [-0.2, -0.15) is 0 Å². The van der Waals surface area contributed by atoms with Gasteiger partial charge in [-0.1, -0.05) is 55.8 Å². The van der Waals surface area contributed by atoms with Crippen LogP contribution in [0.5, 0.6) is 0 Å². The van der Waals surface area contributed by atoms with E-state index in [0.29, 0.717) is 18.0 Å². The van der Waals surface area contributed by atoms with E-state index in [9.17, 15) is 4.79 Å². The van der Waals surface area contributed by atoms with Gasteiger partial charge >= 0.3 is 0 Å². The maximum atomic E-state index is 12.0. The molecule has 2 rings (SSSR count). The molecule has 0 aliphatic carbocycles. The highest BCUT2D eigenvalue weighted by molar-refractivity contribution is 7.11. The first-order chi connectivity index (χ1) is 10.3. The predicted molar refractivity (Wildman–Crippen MR) is 90.3 cm³/mol. The predicted octanol–water partition coefficient (Wildman–Crippen LogP) is 3.66. The van der Waals surface area contributed by atoms with Crippen LogP contribution in [0.2, 0.25) is 5.02 Å². The lowest BCUT2D eigenvalue weighted by Crippen LogP contribution is -2.24. The van der Waals surface area contributed by atoms with Crippen molar-refractivity contribution in [1.82, 2.24) is 15.5 Å². The van der Waals surface area contributed by atoms with Crippen molar-refractivity contribution in [3.05, 3.63) is 44.4 Å². The van der Waals surface area contributed by atoms with Crippen molar-refractivity contribution in [3.63, 3.8) is 0 Å². The lowest BCUT2D eigenvalue weighted by atomic mass is 9.98. The Balaban J connectivity index is 1.90. The van der Waals surface area contributed by atoms with E-state index in [1.165, 1.54) is 11.3 Å². The highest BCUT2D eigenvalue weighted by Gasteiger charge is 2.19. The third-order valence-electron chi connectivity index (χ3n) is 3.15. The van der Waals surface area contributed by atoms with Crippen LogP contribution < -0.4 is 5.32 Å². The summed E-state index contributed by atoms with van der Waals surface area (Å²) in [5.41, 5.74) is 1.90. The molecule has 118 valence electrons. The third-order valence-corrected chi connectivity index (χ3v) is 4.90. The van der Waals surface area contributed by atoms with Crippen LogP contribution in [0.15, 0.2) is 18.2 Å². The van der Waals surface area contributed by atoms with E-state index in [0.717, 1.165) is 21.1 Å². The second-order valence-corrected chi connectivity index (χ2v) is 7.76. The minimum atomic E-state index is -0.0487. The van der Waals surface area contributed by atoms with Crippen molar-refractivity contribution in [1.29, 1.82) is 0 Å². The van der Waals surface area contributed by atoms with Gasteiger partial charge in [-0.05, 0) is 24.1 Å². The molecule has 1 aromatic carbocycles. The molecule has 4 nitrogen and oxygen atoms in total. The number of rotatable bonds is 4. The first-order valence-corrected chi connectivity index (χ1v) is 8.30. The molecule has 0 bridgehead atoms. The number of aryl methyl sites for hydroxylation is 1. The zero-order valence-electron chi connectivity index (χ0n) is 13.2. The largest absolute Gasteiger partial charge is 0.349 e. The zero-order chi connectivity index (χ0) is 16.3. The Morgan fingerprint density at radius 3 is 2.64 bits per heavy atom. The topological polar surface area (TPSA) is 54.9 Å². The van der Waals surface area contributed by atoms with Crippen LogP contribution in [0.4, 0.5) is 0 Å². The molecule has 0 aliphatic heterocycles. The first kappa shape index (κ1) is 16.9. The maximum Gasteiger partial charge on any atom is 0.224 e. The number of halogens is 1. The van der Waals surface area contributed by atoms with Crippen molar-refractivity contribution in [2.24, 2.45) is 0 Å². The molecule has 1 amide bonds. The molecule has 1 N–H and O–H groups in total. The molecule has 2 aromatic rings. The normalized spacial score (nSPS) is 11.5. The van der Waals surface area contributed by atoms with Gasteiger partial charge < -0.3 is 5.32 Å². The van der Waals surface area contributed by atoms with Crippen molar-refractivity contribution < 1.29 is 4.79 Å². The number of nitrogens with zero attached hydrogens (tertiary/aromatic N) is 2. The highest BCUT2D eigenvalue weighted by Crippen LogP contribution is 2.25. The van der Waals surface area contributed by atoms with Crippen LogP contribution in [-0.2, 0) is 23.2 Å². The van der Waals surface area contributed by atoms with Gasteiger partial charge in [-0.3, -0.25) is 4.79 Å². The number of aromatic nitrogens is 2. The third kappa shape index (κ3) is 4.52. The summed E-state index contributed by atoms with van der Waals surface area (Å²) in [6, 6.07) is 5.67. The fourth-order valence-electron chi connectivity index (χ4n) is 1.80. The summed E-state index contributed by atoms with van der Waals surface area (Å²) in [6.45, 7) is 8.63. The van der Waals surface area contributed by atoms with Crippen LogP contribution in [-0.4, -0.2) is 16.1 Å². The molecule has 0 saturated carbocycles. The molecule has 6 heteroatoms. The van der Waals surface area contributed by atoms with Crippen molar-refractivity contribution >= 4 is 28.8 Å². The van der Waals surface area contributed by atoms with E-state index < -0.39 is 0 Å². The fourth-order valence-corrected chi connectivity index (χ4v) is 2.84. The van der Waals surface area contributed by atoms with Gasteiger partial charge in [0.05, 0.1) is 13.0 Å². The molecule has 0 saturated heterocycles. The fraction of sp³-hybridized carbons (Fsp3) is 0.438. The minimum absolute atomic E-state index is 0.0153. The number of benzene rings is 1. The molecule has 22 heavy (non-hydrogen) atoms. The molecule has 0 unspecified atom stereocenters. The van der Waals surface area contributed by atoms with E-state index in [-0.39, 0.29) is 11.3 Å². The number of amides is 1. The smallest absolute Gasteiger partial charge is 0.224 e. The molecular weight excluding hydrogens is 318 g/mol. The number of hydrogen-bond acceptors (Lipinski definition) is 4. The van der Waals surface area contributed by atoms with E-state index in [4.69, 9.17) is 11.6 Å². The van der Waals surface area contributed by atoms with E-state index in [2.05, 4.69) is 36.3 Å². The number of nitrogens with one attached hydrogen (secondary N) is 1. The van der Waals surface area contributed by atoms with Crippen molar-refractivity contribution in [2.45, 2.75) is 46.1 Å². The van der Waals surface area contributed by atoms with Crippen LogP contribution in [0.1, 0.15) is 41.9 Å². The summed E-state index contributed by atoms with van der Waals surface area (Å²) in [6.07, 6.45) is 0.310. The van der Waals surface area contributed by atoms with Gasteiger partial charge in [0.1, 0.15) is 10.0 Å². The Morgan fingerprint density at radius 1 is 1.32 bits per heavy atom. The quantitative estimate of drug-likeness (QED) is 0.926. The van der Waals surface area contributed by atoms with Gasteiger partial charge in [-0.25, -0.2) is 0 Å². The average molecular weight is 338 g/mol. The molecule has 1 aromatic heterocycles. The van der Waals surface area contributed by atoms with Gasteiger partial charge in [0.25, 0.3) is 0 Å². The van der Waals surface area contributed by atoms with Gasteiger partial charge in [0.2, 0.25) is 5.91 Å². The van der Waals surface area contributed by atoms with Gasteiger partial charge in [0.15, 0.2) is 0 Å². The summed E-state index contributed by atoms with van der Waals surface area (Å²) in [5.74, 6) is -0.0487. The highest BCUT2D eigenvalue weighted by atomic mass is 35.5. The molecule has 1 heterocycles. The average Bonchev–Trinajstić information content (AvgIpc) is 2.89. The number of carbonyl (C=O) groups is 1. The summed E-state index contributed by atoms with van der Waals surface area (Å²) >= 11 is 7.60. The van der Waals surface area contributed by atoms with Crippen LogP contribution in [0.3, 0.4) is 0 Å². The molecule has 0 fully saturated rings. The Hall–Kier alpha value is -1.46. The van der Waals surface area contributed by atoms with Gasteiger partial charge in [0, 0.05) is 10.4 Å². The lowest BCUT2D eigenvalue weighted by molar-refractivity contribution is -0.120. The SMILES string of the molecule is Cc1ccc(CC(=O)NCc2nnc(C(C)(C)C)s2)cc1Cl. The second-order valence-electron chi connectivity index (χ2n) is 6.29. The molecule has 0 spiro atoms. The minimum Gasteiger partial charge on any atom is -0.349 e. The van der Waals surface area contributed by atoms with Crippen molar-refractivity contribution in [3.8, 4) is 0 Å².